The molecule has 0 radical (unpaired) electrons. The minimum atomic E-state index is -0.402. The minimum Gasteiger partial charge on any atom is -0.444 e. The molecular formula is C28H52N4O4. The van der Waals surface area contributed by atoms with Gasteiger partial charge in [-0.1, -0.05) is 0 Å². The molecule has 4 heterocycles. The van der Waals surface area contributed by atoms with Crippen molar-refractivity contribution in [3.05, 3.63) is 0 Å². The Morgan fingerprint density at radius 3 is 1.31 bits per heavy atom. The molecule has 208 valence electrons. The average molecular weight is 509 g/mol. The van der Waals surface area contributed by atoms with Gasteiger partial charge in [0.05, 0.1) is 0 Å². The summed E-state index contributed by atoms with van der Waals surface area (Å²) >= 11 is 0. The number of carbonyl (C=O) groups excluding carboxylic acids is 2. The molecule has 4 atom stereocenters. The van der Waals surface area contributed by atoms with Crippen LogP contribution in [-0.4, -0.2) is 84.5 Å². The second kappa shape index (κ2) is 11.1. The number of ether oxygens (including phenoxy) is 2. The zero-order chi connectivity index (χ0) is 26.8. The third-order valence-corrected chi connectivity index (χ3v) is 8.21. The van der Waals surface area contributed by atoms with E-state index in [9.17, 15) is 9.59 Å². The summed E-state index contributed by atoms with van der Waals surface area (Å²) in [6.07, 6.45) is 6.58. The fraction of sp³-hybridized carbons (Fsp3) is 0.929. The van der Waals surface area contributed by atoms with Gasteiger partial charge in [0.25, 0.3) is 0 Å². The lowest BCUT2D eigenvalue weighted by atomic mass is 9.75. The SMILES string of the molecule is C[C@@H]1C[C@]2(CCNC2)CCN1C(=O)OC(C)(C)C.C[C@H]1C[C@@]2(CCNC2)CCN1C(=O)OC(C)(C)C. The number of hydrogen-bond donors (Lipinski definition) is 2. The predicted octanol–water partition coefficient (Wildman–Crippen LogP) is 4.77. The van der Waals surface area contributed by atoms with Crippen molar-refractivity contribution in [2.75, 3.05) is 39.3 Å². The Hall–Kier alpha value is -1.54. The van der Waals surface area contributed by atoms with Crippen LogP contribution in [0.15, 0.2) is 0 Å². The van der Waals surface area contributed by atoms with Gasteiger partial charge in [0.15, 0.2) is 0 Å². The van der Waals surface area contributed by atoms with Gasteiger partial charge in [-0.2, -0.15) is 0 Å². The average Bonchev–Trinajstić information content (AvgIpc) is 3.36. The molecule has 8 heteroatoms. The molecule has 4 saturated heterocycles. The molecule has 2 amide bonds. The van der Waals surface area contributed by atoms with E-state index in [2.05, 4.69) is 24.5 Å². The Bertz CT molecular complexity index is 696. The number of nitrogens with one attached hydrogen (secondary N) is 2. The van der Waals surface area contributed by atoms with Gasteiger partial charge in [-0.25, -0.2) is 9.59 Å². The lowest BCUT2D eigenvalue weighted by Gasteiger charge is -2.43. The summed E-state index contributed by atoms with van der Waals surface area (Å²) in [5, 5.41) is 6.90. The Balaban J connectivity index is 0.000000201. The van der Waals surface area contributed by atoms with Gasteiger partial charge in [0.1, 0.15) is 11.2 Å². The zero-order valence-corrected chi connectivity index (χ0v) is 24.2. The van der Waals surface area contributed by atoms with Crippen LogP contribution in [-0.2, 0) is 9.47 Å². The molecule has 4 aliphatic heterocycles. The van der Waals surface area contributed by atoms with Crippen molar-refractivity contribution in [3.8, 4) is 0 Å². The maximum absolute atomic E-state index is 12.1. The van der Waals surface area contributed by atoms with Crippen LogP contribution in [0.3, 0.4) is 0 Å². The summed E-state index contributed by atoms with van der Waals surface area (Å²) in [7, 11) is 0. The van der Waals surface area contributed by atoms with E-state index >= 15 is 0 Å². The maximum Gasteiger partial charge on any atom is 0.410 e. The highest BCUT2D eigenvalue weighted by Crippen LogP contribution is 2.41. The summed E-state index contributed by atoms with van der Waals surface area (Å²) in [6, 6.07) is 0.571. The number of hydrogen-bond acceptors (Lipinski definition) is 6. The fourth-order valence-electron chi connectivity index (χ4n) is 6.38. The normalized spacial score (nSPS) is 32.9. The molecule has 0 aromatic carbocycles. The Morgan fingerprint density at radius 1 is 0.694 bits per heavy atom. The number of piperidine rings is 2. The largest absolute Gasteiger partial charge is 0.444 e. The van der Waals surface area contributed by atoms with E-state index in [1.807, 2.05) is 51.3 Å². The van der Waals surface area contributed by atoms with Gasteiger partial charge in [-0.3, -0.25) is 0 Å². The van der Waals surface area contributed by atoms with Gasteiger partial charge < -0.3 is 29.9 Å². The molecule has 4 fully saturated rings. The van der Waals surface area contributed by atoms with Crippen molar-refractivity contribution in [3.63, 3.8) is 0 Å². The molecule has 4 aliphatic rings. The topological polar surface area (TPSA) is 83.1 Å². The fourth-order valence-corrected chi connectivity index (χ4v) is 6.38. The molecule has 0 aliphatic carbocycles. The van der Waals surface area contributed by atoms with Crippen molar-refractivity contribution in [2.45, 2.75) is 117 Å². The zero-order valence-electron chi connectivity index (χ0n) is 24.2. The number of rotatable bonds is 0. The van der Waals surface area contributed by atoms with Gasteiger partial charge in [-0.15, -0.1) is 0 Å². The third-order valence-electron chi connectivity index (χ3n) is 8.21. The first-order valence-corrected chi connectivity index (χ1v) is 14.0. The van der Waals surface area contributed by atoms with Crippen molar-refractivity contribution in [1.82, 2.24) is 20.4 Å². The highest BCUT2D eigenvalue weighted by molar-refractivity contribution is 5.69. The lowest BCUT2D eigenvalue weighted by molar-refractivity contribution is -0.00356. The molecule has 0 aromatic heterocycles. The van der Waals surface area contributed by atoms with Crippen LogP contribution in [0.2, 0.25) is 0 Å². The van der Waals surface area contributed by atoms with Crippen LogP contribution in [0.5, 0.6) is 0 Å². The molecule has 4 rings (SSSR count). The summed E-state index contributed by atoms with van der Waals surface area (Å²) in [5.41, 5.74) is 0.0531. The smallest absolute Gasteiger partial charge is 0.410 e. The van der Waals surface area contributed by atoms with Crippen LogP contribution in [0.25, 0.3) is 0 Å². The molecule has 0 bridgehead atoms. The van der Waals surface area contributed by atoms with Crippen molar-refractivity contribution in [1.29, 1.82) is 0 Å². The first kappa shape index (κ1) is 29.0. The minimum absolute atomic E-state index is 0.157. The number of likely N-dealkylation sites (tertiary alicyclic amines) is 2. The van der Waals surface area contributed by atoms with Gasteiger partial charge >= 0.3 is 12.2 Å². The molecule has 2 spiro atoms. The van der Waals surface area contributed by atoms with Crippen molar-refractivity contribution in [2.24, 2.45) is 10.8 Å². The van der Waals surface area contributed by atoms with E-state index in [0.29, 0.717) is 10.8 Å². The monoisotopic (exact) mass is 508 g/mol. The molecule has 0 unspecified atom stereocenters. The van der Waals surface area contributed by atoms with E-state index in [-0.39, 0.29) is 24.3 Å². The summed E-state index contributed by atoms with van der Waals surface area (Å²) < 4.78 is 10.9. The molecular weight excluding hydrogens is 456 g/mol. The third kappa shape index (κ3) is 7.73. The highest BCUT2D eigenvalue weighted by atomic mass is 16.6. The first-order chi connectivity index (χ1) is 16.6. The van der Waals surface area contributed by atoms with Gasteiger partial charge in [-0.05, 0) is 118 Å². The van der Waals surface area contributed by atoms with E-state index in [1.54, 1.807) is 0 Å². The predicted molar refractivity (Wildman–Crippen MR) is 143 cm³/mol. The van der Waals surface area contributed by atoms with Crippen LogP contribution in [0, 0.1) is 10.8 Å². The quantitative estimate of drug-likeness (QED) is 0.490. The van der Waals surface area contributed by atoms with Gasteiger partial charge in [0, 0.05) is 38.3 Å². The van der Waals surface area contributed by atoms with Crippen molar-refractivity contribution >= 4 is 12.2 Å². The van der Waals surface area contributed by atoms with E-state index in [0.717, 1.165) is 65.0 Å². The molecule has 2 N–H and O–H groups in total. The highest BCUT2D eigenvalue weighted by Gasteiger charge is 2.43. The second-order valence-electron chi connectivity index (χ2n) is 13.8. The molecule has 8 nitrogen and oxygen atoms in total. The van der Waals surface area contributed by atoms with Crippen LogP contribution in [0.4, 0.5) is 9.59 Å². The number of carbonyl (C=O) groups is 2. The Kier molecular flexibility index (Phi) is 8.92. The van der Waals surface area contributed by atoms with E-state index in [4.69, 9.17) is 9.47 Å². The van der Waals surface area contributed by atoms with E-state index in [1.165, 1.54) is 12.8 Å². The van der Waals surface area contributed by atoms with Crippen LogP contribution >= 0.6 is 0 Å². The standard InChI is InChI=1S/2C14H26N2O2/c2*1-11-9-14(5-7-15-10-14)6-8-16(11)12(17)18-13(2,3)4/h2*11,15H,5-10H2,1-4H3/t2*11-,14+/m10/s1. The number of amides is 2. The lowest BCUT2D eigenvalue weighted by Crippen LogP contribution is -2.50. The van der Waals surface area contributed by atoms with Crippen LogP contribution < -0.4 is 10.6 Å². The number of nitrogens with zero attached hydrogens (tertiary/aromatic N) is 2. The summed E-state index contributed by atoms with van der Waals surface area (Å²) in [4.78, 5) is 28.0. The molecule has 0 saturated carbocycles. The van der Waals surface area contributed by atoms with E-state index < -0.39 is 11.2 Å². The first-order valence-electron chi connectivity index (χ1n) is 14.0. The maximum atomic E-state index is 12.1. The molecule has 36 heavy (non-hydrogen) atoms. The Labute approximate surface area is 219 Å². The second-order valence-corrected chi connectivity index (χ2v) is 13.8. The Morgan fingerprint density at radius 2 is 1.06 bits per heavy atom. The summed E-state index contributed by atoms with van der Waals surface area (Å²) in [5.74, 6) is 0. The van der Waals surface area contributed by atoms with Crippen LogP contribution in [0.1, 0.15) is 93.9 Å². The van der Waals surface area contributed by atoms with Gasteiger partial charge in [0.2, 0.25) is 0 Å². The van der Waals surface area contributed by atoms with Crippen molar-refractivity contribution < 1.29 is 19.1 Å². The summed E-state index contributed by atoms with van der Waals surface area (Å²) in [6.45, 7) is 21.9. The molecule has 0 aromatic rings.